The highest BCUT2D eigenvalue weighted by atomic mass is 35.5. The van der Waals surface area contributed by atoms with E-state index in [1.165, 1.54) is 11.1 Å². The van der Waals surface area contributed by atoms with Gasteiger partial charge in [0.05, 0.1) is 4.58 Å². The van der Waals surface area contributed by atoms with E-state index in [9.17, 15) is 0 Å². The van der Waals surface area contributed by atoms with Gasteiger partial charge in [0.2, 0.25) is 0 Å². The van der Waals surface area contributed by atoms with Crippen molar-refractivity contribution in [1.82, 2.24) is 0 Å². The van der Waals surface area contributed by atoms with Crippen molar-refractivity contribution >= 4 is 51.9 Å². The molecule has 1 heterocycles. The number of hydrogen-bond acceptors (Lipinski definition) is 3. The third-order valence-electron chi connectivity index (χ3n) is 1.91. The molecule has 0 spiro atoms. The lowest BCUT2D eigenvalue weighted by atomic mass is 10.1. The number of thioether (sulfide) groups is 2. The minimum Gasteiger partial charge on any atom is -0.288 e. The molecule has 1 N–H and O–H groups in total. The van der Waals surface area contributed by atoms with Crippen LogP contribution in [0.4, 0.5) is 0 Å². The Hall–Kier alpha value is 0.170. The monoisotopic (exact) mass is 265 g/mol. The third-order valence-corrected chi connectivity index (χ3v) is 4.67. The van der Waals surface area contributed by atoms with Crippen LogP contribution in [-0.4, -0.2) is 4.38 Å². The SMILES string of the molecule is Cc1cc(Cl)ccc1C1SC(=N)S1.Cl. The van der Waals surface area contributed by atoms with Crippen LogP contribution in [0.3, 0.4) is 0 Å². The number of aryl methyl sites for hydroxylation is 1. The maximum Gasteiger partial charge on any atom is 0.124 e. The van der Waals surface area contributed by atoms with E-state index in [0.29, 0.717) is 8.96 Å². The van der Waals surface area contributed by atoms with Gasteiger partial charge in [-0.2, -0.15) is 0 Å². The summed E-state index contributed by atoms with van der Waals surface area (Å²) in [5.41, 5.74) is 2.50. The molecule has 0 aliphatic carbocycles. The first-order valence-electron chi connectivity index (χ1n) is 3.85. The maximum atomic E-state index is 7.32. The molecule has 0 bridgehead atoms. The number of hydrogen-bond donors (Lipinski definition) is 1. The van der Waals surface area contributed by atoms with Crippen LogP contribution in [0.2, 0.25) is 5.02 Å². The molecule has 0 saturated carbocycles. The molecule has 5 heteroatoms. The Balaban J connectivity index is 0.000000980. The second-order valence-electron chi connectivity index (χ2n) is 2.86. The molecule has 1 aliphatic heterocycles. The summed E-state index contributed by atoms with van der Waals surface area (Å²) < 4.78 is 1.11. The van der Waals surface area contributed by atoms with Crippen molar-refractivity contribution < 1.29 is 0 Å². The molecule has 0 aromatic heterocycles. The number of rotatable bonds is 1. The van der Waals surface area contributed by atoms with E-state index in [0.717, 1.165) is 5.02 Å². The smallest absolute Gasteiger partial charge is 0.124 e. The summed E-state index contributed by atoms with van der Waals surface area (Å²) in [5, 5.41) is 8.11. The number of benzene rings is 1. The van der Waals surface area contributed by atoms with Crippen molar-refractivity contribution in [3.63, 3.8) is 0 Å². The first-order chi connectivity index (χ1) is 6.16. The Morgan fingerprint density at radius 3 is 2.50 bits per heavy atom. The van der Waals surface area contributed by atoms with Gasteiger partial charge in [0.1, 0.15) is 4.38 Å². The first kappa shape index (κ1) is 12.2. The van der Waals surface area contributed by atoms with E-state index >= 15 is 0 Å². The molecule has 0 amide bonds. The summed E-state index contributed by atoms with van der Waals surface area (Å²) in [6, 6.07) is 5.93. The normalized spacial score (nSPS) is 19.9. The van der Waals surface area contributed by atoms with Gasteiger partial charge in [0.15, 0.2) is 0 Å². The van der Waals surface area contributed by atoms with E-state index in [2.05, 4.69) is 13.0 Å². The zero-order valence-electron chi connectivity index (χ0n) is 7.41. The van der Waals surface area contributed by atoms with Crippen LogP contribution < -0.4 is 0 Å². The lowest BCUT2D eigenvalue weighted by molar-refractivity contribution is 1.29. The molecule has 0 radical (unpaired) electrons. The van der Waals surface area contributed by atoms with Gasteiger partial charge in [-0.1, -0.05) is 41.2 Å². The Kier molecular flexibility index (Phi) is 4.19. The largest absolute Gasteiger partial charge is 0.288 e. The molecule has 1 fully saturated rings. The van der Waals surface area contributed by atoms with Crippen LogP contribution in [0, 0.1) is 12.3 Å². The molecule has 14 heavy (non-hydrogen) atoms. The number of nitrogens with one attached hydrogen (secondary N) is 1. The standard InChI is InChI=1S/C9H8ClNS2.ClH/c1-5-4-6(10)2-3-7(5)8-12-9(11)13-8;/h2-4,8,11H,1H3;1H. The third kappa shape index (κ3) is 2.40. The zero-order valence-corrected chi connectivity index (χ0v) is 10.6. The quantitative estimate of drug-likeness (QED) is 0.810. The lowest BCUT2D eigenvalue weighted by Crippen LogP contribution is -2.06. The highest BCUT2D eigenvalue weighted by Gasteiger charge is 2.28. The van der Waals surface area contributed by atoms with E-state index in [1.807, 2.05) is 12.1 Å². The molecule has 1 aromatic carbocycles. The maximum absolute atomic E-state index is 7.32. The fraction of sp³-hybridized carbons (Fsp3) is 0.222. The number of halogens is 2. The molecular weight excluding hydrogens is 257 g/mol. The summed E-state index contributed by atoms with van der Waals surface area (Å²) >= 11 is 9.07. The van der Waals surface area contributed by atoms with Gasteiger partial charge in [-0.3, -0.25) is 5.41 Å². The van der Waals surface area contributed by atoms with E-state index in [4.69, 9.17) is 17.0 Å². The predicted octanol–water partition coefficient (Wildman–Crippen LogP) is 4.48. The summed E-state index contributed by atoms with van der Waals surface area (Å²) in [6.07, 6.45) is 0. The Morgan fingerprint density at radius 2 is 2.00 bits per heavy atom. The summed E-state index contributed by atoms with van der Waals surface area (Å²) in [5.74, 6) is 0. The molecule has 0 unspecified atom stereocenters. The van der Waals surface area contributed by atoms with Gasteiger partial charge >= 0.3 is 0 Å². The molecule has 2 rings (SSSR count). The topological polar surface area (TPSA) is 23.9 Å². The van der Waals surface area contributed by atoms with E-state index in [1.54, 1.807) is 23.5 Å². The average molecular weight is 266 g/mol. The van der Waals surface area contributed by atoms with Crippen molar-refractivity contribution in [2.75, 3.05) is 0 Å². The van der Waals surface area contributed by atoms with Crippen molar-refractivity contribution in [2.45, 2.75) is 11.5 Å². The minimum absolute atomic E-state index is 0. The molecule has 0 atom stereocenters. The Labute approximate surface area is 103 Å². The molecule has 1 aliphatic rings. The first-order valence-corrected chi connectivity index (χ1v) is 5.98. The second-order valence-corrected chi connectivity index (χ2v) is 6.08. The van der Waals surface area contributed by atoms with Gasteiger partial charge < -0.3 is 0 Å². The van der Waals surface area contributed by atoms with Gasteiger partial charge in [-0.15, -0.1) is 12.4 Å². The Bertz CT molecular complexity index is 360. The molecule has 76 valence electrons. The van der Waals surface area contributed by atoms with Crippen LogP contribution in [0.15, 0.2) is 18.2 Å². The minimum atomic E-state index is 0. The van der Waals surface area contributed by atoms with Crippen LogP contribution in [0.25, 0.3) is 0 Å². The predicted molar refractivity (Wildman–Crippen MR) is 69.1 cm³/mol. The van der Waals surface area contributed by atoms with Crippen molar-refractivity contribution in [3.05, 3.63) is 34.3 Å². The van der Waals surface area contributed by atoms with Gasteiger partial charge in [0.25, 0.3) is 0 Å². The van der Waals surface area contributed by atoms with Crippen LogP contribution >= 0.6 is 47.5 Å². The molecular formula is C9H9Cl2NS2. The summed E-state index contributed by atoms with van der Waals surface area (Å²) in [4.78, 5) is 0. The lowest BCUT2D eigenvalue weighted by Gasteiger charge is -2.26. The highest BCUT2D eigenvalue weighted by Crippen LogP contribution is 2.53. The van der Waals surface area contributed by atoms with Crippen LogP contribution in [-0.2, 0) is 0 Å². The van der Waals surface area contributed by atoms with Crippen molar-refractivity contribution in [3.8, 4) is 0 Å². The highest BCUT2D eigenvalue weighted by molar-refractivity contribution is 8.52. The van der Waals surface area contributed by atoms with Crippen LogP contribution in [0.5, 0.6) is 0 Å². The van der Waals surface area contributed by atoms with Gasteiger partial charge in [-0.25, -0.2) is 0 Å². The van der Waals surface area contributed by atoms with Gasteiger partial charge in [-0.05, 0) is 30.2 Å². The average Bonchev–Trinajstić information content (AvgIpc) is 2.00. The van der Waals surface area contributed by atoms with E-state index in [-0.39, 0.29) is 12.4 Å². The molecule has 1 nitrogen and oxygen atoms in total. The molecule has 1 saturated heterocycles. The molecule has 1 aromatic rings. The fourth-order valence-corrected chi connectivity index (χ4v) is 3.52. The summed E-state index contributed by atoms with van der Waals surface area (Å²) in [6.45, 7) is 2.06. The summed E-state index contributed by atoms with van der Waals surface area (Å²) in [7, 11) is 0. The fourth-order valence-electron chi connectivity index (χ4n) is 1.23. The van der Waals surface area contributed by atoms with Crippen molar-refractivity contribution in [2.24, 2.45) is 0 Å². The Morgan fingerprint density at radius 1 is 1.36 bits per heavy atom. The van der Waals surface area contributed by atoms with Crippen molar-refractivity contribution in [1.29, 1.82) is 5.41 Å². The van der Waals surface area contributed by atoms with Gasteiger partial charge in [0, 0.05) is 5.02 Å². The van der Waals surface area contributed by atoms with E-state index < -0.39 is 0 Å². The second kappa shape index (κ2) is 4.79. The zero-order chi connectivity index (χ0) is 9.42. The van der Waals surface area contributed by atoms with Crippen LogP contribution in [0.1, 0.15) is 15.7 Å².